The third-order valence-electron chi connectivity index (χ3n) is 9.71. The van der Waals surface area contributed by atoms with Gasteiger partial charge in [-0.3, -0.25) is 9.59 Å². The summed E-state index contributed by atoms with van der Waals surface area (Å²) in [4.78, 5) is 37.2. The van der Waals surface area contributed by atoms with Crippen molar-refractivity contribution < 1.29 is 18.7 Å². The highest BCUT2D eigenvalue weighted by Gasteiger charge is 2.40. The highest BCUT2D eigenvalue weighted by Crippen LogP contribution is 2.40. The van der Waals surface area contributed by atoms with Crippen molar-refractivity contribution in [2.45, 2.75) is 44.7 Å². The van der Waals surface area contributed by atoms with Crippen LogP contribution >= 0.6 is 0 Å². The molecule has 10 heteroatoms. The third-order valence-corrected chi connectivity index (χ3v) is 9.71. The zero-order chi connectivity index (χ0) is 30.3. The van der Waals surface area contributed by atoms with Gasteiger partial charge in [0.25, 0.3) is 11.8 Å². The van der Waals surface area contributed by atoms with E-state index in [4.69, 9.17) is 20.4 Å². The van der Waals surface area contributed by atoms with Crippen LogP contribution in [0.1, 0.15) is 52.8 Å². The molecule has 2 atom stereocenters. The fraction of sp³-hybridized carbons (Fsp3) is 0.353. The summed E-state index contributed by atoms with van der Waals surface area (Å²) >= 11 is 0. The molecule has 0 spiro atoms. The summed E-state index contributed by atoms with van der Waals surface area (Å²) in [5, 5.41) is 0.942. The molecule has 2 unspecified atom stereocenters. The van der Waals surface area contributed by atoms with Gasteiger partial charge in [0.1, 0.15) is 22.7 Å². The number of rotatable bonds is 7. The van der Waals surface area contributed by atoms with Crippen molar-refractivity contribution in [1.82, 2.24) is 24.0 Å². The van der Waals surface area contributed by atoms with Gasteiger partial charge in [0.15, 0.2) is 5.82 Å². The number of carbonyl (C=O) groups excluding carboxylic acids is 2. The normalized spacial score (nSPS) is 19.4. The maximum atomic E-state index is 14.6. The number of methoxy groups -OCH3 is 1. The molecule has 9 nitrogen and oxygen atoms in total. The predicted octanol–water partition coefficient (Wildman–Crippen LogP) is 5.54. The monoisotopic (exact) mass is 592 g/mol. The molecule has 3 fully saturated rings. The summed E-state index contributed by atoms with van der Waals surface area (Å²) in [5.74, 6) is 1.10. The lowest BCUT2D eigenvalue weighted by Crippen LogP contribution is -2.37. The number of amides is 2. The largest absolute Gasteiger partial charge is 0.494 e. The zero-order valence-corrected chi connectivity index (χ0v) is 24.7. The highest BCUT2D eigenvalue weighted by molar-refractivity contribution is 6.00. The molecular weight excluding hydrogens is 559 g/mol. The number of nitrogens with two attached hydrogens (primary N) is 1. The van der Waals surface area contributed by atoms with Crippen LogP contribution in [0, 0.1) is 17.7 Å². The number of pyridine rings is 1. The molecule has 1 saturated heterocycles. The maximum absolute atomic E-state index is 14.6. The van der Waals surface area contributed by atoms with Crippen molar-refractivity contribution >= 4 is 33.9 Å². The molecule has 1 aliphatic heterocycles. The first-order chi connectivity index (χ1) is 21.3. The van der Waals surface area contributed by atoms with Crippen LogP contribution in [0.4, 0.5) is 4.39 Å². The van der Waals surface area contributed by atoms with E-state index in [-0.39, 0.29) is 11.5 Å². The van der Waals surface area contributed by atoms with Crippen LogP contribution in [0.3, 0.4) is 0 Å². The van der Waals surface area contributed by atoms with Crippen molar-refractivity contribution in [2.24, 2.45) is 24.6 Å². The summed E-state index contributed by atoms with van der Waals surface area (Å²) in [6, 6.07) is 14.4. The Hall–Kier alpha value is -4.73. The third kappa shape index (κ3) is 4.26. The van der Waals surface area contributed by atoms with Crippen molar-refractivity contribution in [2.75, 3.05) is 13.7 Å². The molecule has 2 saturated carbocycles. The van der Waals surface area contributed by atoms with Crippen LogP contribution in [-0.2, 0) is 13.6 Å². The maximum Gasteiger partial charge on any atom is 0.254 e. The van der Waals surface area contributed by atoms with Crippen LogP contribution in [0.15, 0.2) is 48.5 Å². The lowest BCUT2D eigenvalue weighted by molar-refractivity contribution is 0.0703. The summed E-state index contributed by atoms with van der Waals surface area (Å²) in [5.41, 5.74) is 10.1. The Morgan fingerprint density at radius 1 is 1.05 bits per heavy atom. The fourth-order valence-corrected chi connectivity index (χ4v) is 7.25. The molecule has 2 aromatic carbocycles. The Kier molecular flexibility index (Phi) is 6.05. The second kappa shape index (κ2) is 9.90. The summed E-state index contributed by atoms with van der Waals surface area (Å²) < 4.78 is 24.7. The average Bonchev–Trinajstić information content (AvgIpc) is 3.30. The number of primary amides is 1. The van der Waals surface area contributed by atoms with Crippen LogP contribution < -0.4 is 10.5 Å². The Balaban J connectivity index is 1.23. The van der Waals surface area contributed by atoms with Gasteiger partial charge in [-0.05, 0) is 86.4 Å². The minimum Gasteiger partial charge on any atom is -0.494 e. The molecule has 4 heterocycles. The van der Waals surface area contributed by atoms with E-state index in [1.54, 1.807) is 13.2 Å². The Morgan fingerprint density at radius 2 is 1.89 bits per heavy atom. The number of benzene rings is 2. The van der Waals surface area contributed by atoms with Crippen LogP contribution in [0.25, 0.3) is 44.8 Å². The van der Waals surface area contributed by atoms with Gasteiger partial charge >= 0.3 is 0 Å². The molecule has 3 aliphatic rings. The standard InChI is InChI=1S/C34H33FN6O3/c1-39-30-27(13-22(15-29(30)44-2)34(43)40-17-19-5-8-23(40)11-19)38-33(39)28-14-21-7-10-26(37-32(21)41(28)16-18-3-4-18)20-6-9-24(31(36)42)25(35)12-20/h6-7,9-10,12-15,18-19,23H,3-5,8,11,16-17H2,1-2H3,(H2,36,42). The number of hydrogen-bond donors (Lipinski definition) is 1. The number of hydrogen-bond acceptors (Lipinski definition) is 5. The van der Waals surface area contributed by atoms with E-state index < -0.39 is 11.7 Å². The molecule has 44 heavy (non-hydrogen) atoms. The van der Waals surface area contributed by atoms with E-state index in [0.717, 1.165) is 66.8 Å². The number of aryl methyl sites for hydroxylation is 1. The van der Waals surface area contributed by atoms with Gasteiger partial charge in [-0.1, -0.05) is 6.07 Å². The van der Waals surface area contributed by atoms with Gasteiger partial charge in [-0.25, -0.2) is 14.4 Å². The number of halogens is 1. The first-order valence-electron chi connectivity index (χ1n) is 15.2. The van der Waals surface area contributed by atoms with Gasteiger partial charge in [0, 0.05) is 42.7 Å². The SMILES string of the molecule is COc1cc(C(=O)N2CC3CCC2C3)cc2nc(-c3cc4ccc(-c5ccc(C(N)=O)c(F)c5)nc4n3CC3CC3)n(C)c12. The molecule has 224 valence electrons. The van der Waals surface area contributed by atoms with Gasteiger partial charge in [-0.2, -0.15) is 0 Å². The number of imidazole rings is 1. The van der Waals surface area contributed by atoms with Gasteiger partial charge in [-0.15, -0.1) is 0 Å². The van der Waals surface area contributed by atoms with Crippen molar-refractivity contribution in [3.8, 4) is 28.5 Å². The van der Waals surface area contributed by atoms with Gasteiger partial charge in [0.2, 0.25) is 0 Å². The second-order valence-electron chi connectivity index (χ2n) is 12.6. The Bertz CT molecular complexity index is 2010. The molecular formula is C34H33FN6O3. The quantitative estimate of drug-likeness (QED) is 0.267. The van der Waals surface area contributed by atoms with Crippen LogP contribution in [0.2, 0.25) is 0 Å². The van der Waals surface area contributed by atoms with Gasteiger partial charge < -0.3 is 24.5 Å². The first kappa shape index (κ1) is 26.9. The number of likely N-dealkylation sites (tertiary alicyclic amines) is 1. The number of piperidine rings is 1. The highest BCUT2D eigenvalue weighted by atomic mass is 19.1. The number of ether oxygens (including phenoxy) is 1. The summed E-state index contributed by atoms with van der Waals surface area (Å²) in [7, 11) is 3.59. The van der Waals surface area contributed by atoms with Gasteiger partial charge in [0.05, 0.1) is 29.6 Å². The topological polar surface area (TPSA) is 108 Å². The molecule has 3 aromatic heterocycles. The van der Waals surface area contributed by atoms with Crippen LogP contribution in [0.5, 0.6) is 5.75 Å². The van der Waals surface area contributed by atoms with E-state index in [1.165, 1.54) is 18.6 Å². The molecule has 2 N–H and O–H groups in total. The number of aromatic nitrogens is 4. The first-order valence-corrected chi connectivity index (χ1v) is 15.2. The number of nitrogens with zero attached hydrogens (tertiary/aromatic N) is 5. The van der Waals surface area contributed by atoms with E-state index in [0.29, 0.717) is 46.0 Å². The lowest BCUT2D eigenvalue weighted by Gasteiger charge is -2.27. The predicted molar refractivity (Wildman–Crippen MR) is 165 cm³/mol. The molecule has 2 bridgehead atoms. The second-order valence-corrected chi connectivity index (χ2v) is 12.6. The van der Waals surface area contributed by atoms with Crippen molar-refractivity contribution in [3.05, 3.63) is 65.5 Å². The molecule has 8 rings (SSSR count). The van der Waals surface area contributed by atoms with Crippen molar-refractivity contribution in [1.29, 1.82) is 0 Å². The fourth-order valence-electron chi connectivity index (χ4n) is 7.25. The Labute approximate surface area is 253 Å². The Morgan fingerprint density at radius 3 is 2.57 bits per heavy atom. The summed E-state index contributed by atoms with van der Waals surface area (Å²) in [6.07, 6.45) is 5.70. The zero-order valence-electron chi connectivity index (χ0n) is 24.7. The minimum atomic E-state index is -0.806. The molecule has 2 aliphatic carbocycles. The van der Waals surface area contributed by atoms with E-state index in [1.807, 2.05) is 40.8 Å². The number of fused-ring (bicyclic) bond motifs is 4. The number of carbonyl (C=O) groups is 2. The van der Waals surface area contributed by atoms with E-state index in [2.05, 4.69) is 10.6 Å². The molecule has 0 radical (unpaired) electrons. The van der Waals surface area contributed by atoms with Crippen LogP contribution in [-0.4, -0.2) is 55.5 Å². The molecule has 2 amide bonds. The smallest absolute Gasteiger partial charge is 0.254 e. The van der Waals surface area contributed by atoms with Crippen molar-refractivity contribution in [3.63, 3.8) is 0 Å². The lowest BCUT2D eigenvalue weighted by atomic mass is 10.1. The average molecular weight is 593 g/mol. The van der Waals surface area contributed by atoms with E-state index in [9.17, 15) is 14.0 Å². The van der Waals surface area contributed by atoms with E-state index >= 15 is 0 Å². The molecule has 5 aromatic rings. The summed E-state index contributed by atoms with van der Waals surface area (Å²) in [6.45, 7) is 1.61. The minimum absolute atomic E-state index is 0.0458.